The van der Waals surface area contributed by atoms with Crippen molar-refractivity contribution in [2.24, 2.45) is 11.8 Å². The molecule has 134 valence electrons. The molecule has 5 nitrogen and oxygen atoms in total. The second-order valence-electron chi connectivity index (χ2n) is 7.05. The van der Waals surface area contributed by atoms with Gasteiger partial charge in [-0.3, -0.25) is 4.79 Å². The molecule has 1 aliphatic heterocycles. The van der Waals surface area contributed by atoms with E-state index in [1.807, 2.05) is 31.2 Å². The molecule has 24 heavy (non-hydrogen) atoms. The Kier molecular flexibility index (Phi) is 6.04. The summed E-state index contributed by atoms with van der Waals surface area (Å²) in [6.45, 7) is 7.00. The van der Waals surface area contributed by atoms with Gasteiger partial charge in [0, 0.05) is 13.1 Å². The number of carbonyl (C=O) groups is 1. The van der Waals surface area contributed by atoms with Crippen molar-refractivity contribution in [3.63, 3.8) is 0 Å². The fourth-order valence-corrected chi connectivity index (χ4v) is 4.18. The Hall–Kier alpha value is -1.40. The number of nitrogens with zero attached hydrogens (tertiary/aromatic N) is 1. The minimum atomic E-state index is -3.24. The van der Waals surface area contributed by atoms with Crippen LogP contribution in [0.2, 0.25) is 0 Å². The van der Waals surface area contributed by atoms with E-state index in [4.69, 9.17) is 0 Å². The number of nitrogens with one attached hydrogen (secondary N) is 1. The Morgan fingerprint density at radius 2 is 1.96 bits per heavy atom. The summed E-state index contributed by atoms with van der Waals surface area (Å²) in [6.07, 6.45) is 2.66. The third-order valence-electron chi connectivity index (χ3n) is 4.71. The number of hydrogen-bond donors (Lipinski definition) is 1. The van der Waals surface area contributed by atoms with Crippen molar-refractivity contribution in [1.29, 1.82) is 0 Å². The number of carbonyl (C=O) groups excluding carboxylic acids is 1. The first-order valence-corrected chi connectivity index (χ1v) is 10.4. The minimum absolute atomic E-state index is 0.0506. The third-order valence-corrected chi connectivity index (χ3v) is 5.98. The molecule has 1 heterocycles. The molecule has 1 aromatic rings. The molecule has 1 amide bonds. The van der Waals surface area contributed by atoms with Gasteiger partial charge < -0.3 is 5.32 Å². The van der Waals surface area contributed by atoms with Gasteiger partial charge in [-0.15, -0.1) is 0 Å². The molecule has 0 aliphatic carbocycles. The fraction of sp³-hybridized carbons (Fsp3) is 0.611. The maximum absolute atomic E-state index is 12.7. The predicted octanol–water partition coefficient (Wildman–Crippen LogP) is 2.48. The summed E-state index contributed by atoms with van der Waals surface area (Å²) in [5.41, 5.74) is 2.27. The lowest BCUT2D eigenvalue weighted by Crippen LogP contribution is -2.46. The molecule has 0 unspecified atom stereocenters. The first-order chi connectivity index (χ1) is 11.2. The van der Waals surface area contributed by atoms with E-state index in [1.165, 1.54) is 10.6 Å². The first-order valence-electron chi connectivity index (χ1n) is 8.51. The van der Waals surface area contributed by atoms with Crippen molar-refractivity contribution in [3.8, 4) is 0 Å². The van der Waals surface area contributed by atoms with Crippen molar-refractivity contribution in [1.82, 2.24) is 9.62 Å². The van der Waals surface area contributed by atoms with Gasteiger partial charge >= 0.3 is 0 Å². The largest absolute Gasteiger partial charge is 0.349 e. The molecule has 0 bridgehead atoms. The highest BCUT2D eigenvalue weighted by Crippen LogP contribution is 2.26. The number of piperidine rings is 1. The van der Waals surface area contributed by atoms with Crippen LogP contribution in [0.25, 0.3) is 0 Å². The van der Waals surface area contributed by atoms with E-state index in [0.717, 1.165) is 24.0 Å². The maximum atomic E-state index is 12.7. The standard InChI is InChI=1S/C18H28N2O3S/c1-13(2)17(16-10-6-5-8-14(16)3)19-18(21)15-9-7-11-20(12-15)24(4,22)23/h5-6,8,10,13,15,17H,7,9,11-12H2,1-4H3,(H,19,21)/t15-,17+/m1/s1. The van der Waals surface area contributed by atoms with Crippen LogP contribution in [0, 0.1) is 18.8 Å². The van der Waals surface area contributed by atoms with E-state index >= 15 is 0 Å². The zero-order valence-corrected chi connectivity index (χ0v) is 15.8. The summed E-state index contributed by atoms with van der Waals surface area (Å²) in [5, 5.41) is 3.15. The van der Waals surface area contributed by atoms with Crippen LogP contribution in [0.1, 0.15) is 43.9 Å². The van der Waals surface area contributed by atoms with Crippen molar-refractivity contribution in [2.45, 2.75) is 39.7 Å². The highest BCUT2D eigenvalue weighted by Gasteiger charge is 2.31. The van der Waals surface area contributed by atoms with E-state index in [-0.39, 0.29) is 30.3 Å². The molecular weight excluding hydrogens is 324 g/mol. The summed E-state index contributed by atoms with van der Waals surface area (Å²) < 4.78 is 24.9. The first kappa shape index (κ1) is 18.9. The molecule has 1 N–H and O–H groups in total. The van der Waals surface area contributed by atoms with Crippen LogP contribution in [0.4, 0.5) is 0 Å². The lowest BCUT2D eigenvalue weighted by Gasteiger charge is -2.32. The Morgan fingerprint density at radius 3 is 2.54 bits per heavy atom. The number of amides is 1. The quantitative estimate of drug-likeness (QED) is 0.885. The summed E-state index contributed by atoms with van der Waals surface area (Å²) >= 11 is 0. The van der Waals surface area contributed by atoms with Gasteiger partial charge in [-0.2, -0.15) is 0 Å². The zero-order valence-electron chi connectivity index (χ0n) is 15.0. The Morgan fingerprint density at radius 1 is 1.29 bits per heavy atom. The molecule has 0 saturated carbocycles. The van der Waals surface area contributed by atoms with Crippen molar-refractivity contribution in [2.75, 3.05) is 19.3 Å². The maximum Gasteiger partial charge on any atom is 0.224 e. The van der Waals surface area contributed by atoms with Gasteiger partial charge in [0.2, 0.25) is 15.9 Å². The summed E-state index contributed by atoms with van der Waals surface area (Å²) in [4.78, 5) is 12.7. The SMILES string of the molecule is Cc1ccccc1[C@@H](NC(=O)[C@@H]1CCCN(S(C)(=O)=O)C1)C(C)C. The molecule has 1 aromatic carbocycles. The van der Waals surface area contributed by atoms with Gasteiger partial charge in [-0.1, -0.05) is 38.1 Å². The molecule has 2 atom stereocenters. The summed E-state index contributed by atoms with van der Waals surface area (Å²) in [7, 11) is -3.24. The molecule has 6 heteroatoms. The highest BCUT2D eigenvalue weighted by atomic mass is 32.2. The third kappa shape index (κ3) is 4.57. The monoisotopic (exact) mass is 352 g/mol. The lowest BCUT2D eigenvalue weighted by atomic mass is 9.91. The predicted molar refractivity (Wildman–Crippen MR) is 96.0 cm³/mol. The number of rotatable bonds is 5. The van der Waals surface area contributed by atoms with Gasteiger partial charge in [-0.05, 0) is 36.8 Å². The highest BCUT2D eigenvalue weighted by molar-refractivity contribution is 7.88. The van der Waals surface area contributed by atoms with Gasteiger partial charge in [0.25, 0.3) is 0 Å². The van der Waals surface area contributed by atoms with Crippen LogP contribution in [0.5, 0.6) is 0 Å². The van der Waals surface area contributed by atoms with Crippen molar-refractivity contribution in [3.05, 3.63) is 35.4 Å². The number of benzene rings is 1. The fourth-order valence-electron chi connectivity index (χ4n) is 3.27. The van der Waals surface area contributed by atoms with Crippen LogP contribution in [-0.4, -0.2) is 38.0 Å². The van der Waals surface area contributed by atoms with E-state index in [1.54, 1.807) is 0 Å². The molecule has 1 saturated heterocycles. The summed E-state index contributed by atoms with van der Waals surface area (Å²) in [5.74, 6) is -0.0753. The molecule has 0 aromatic heterocycles. The molecule has 2 rings (SSSR count). The van der Waals surface area contributed by atoms with Crippen LogP contribution >= 0.6 is 0 Å². The van der Waals surface area contributed by atoms with Crippen molar-refractivity contribution < 1.29 is 13.2 Å². The van der Waals surface area contributed by atoms with E-state index < -0.39 is 10.0 Å². The smallest absolute Gasteiger partial charge is 0.224 e. The lowest BCUT2D eigenvalue weighted by molar-refractivity contribution is -0.127. The Labute approximate surface area is 145 Å². The number of aryl methyl sites for hydroxylation is 1. The Balaban J connectivity index is 2.13. The second-order valence-corrected chi connectivity index (χ2v) is 9.03. The van der Waals surface area contributed by atoms with Gasteiger partial charge in [-0.25, -0.2) is 12.7 Å². The van der Waals surface area contributed by atoms with Crippen LogP contribution in [0.3, 0.4) is 0 Å². The molecule has 0 spiro atoms. The van der Waals surface area contributed by atoms with Gasteiger partial charge in [0.1, 0.15) is 0 Å². The molecular formula is C18H28N2O3S. The van der Waals surface area contributed by atoms with E-state index in [0.29, 0.717) is 6.54 Å². The molecule has 1 fully saturated rings. The average molecular weight is 353 g/mol. The Bertz CT molecular complexity index is 685. The normalized spacial score (nSPS) is 20.8. The minimum Gasteiger partial charge on any atom is -0.349 e. The van der Waals surface area contributed by atoms with E-state index in [2.05, 4.69) is 19.2 Å². The topological polar surface area (TPSA) is 66.5 Å². The van der Waals surface area contributed by atoms with E-state index in [9.17, 15) is 13.2 Å². The molecule has 0 radical (unpaired) electrons. The number of hydrogen-bond acceptors (Lipinski definition) is 3. The van der Waals surface area contributed by atoms with Crippen molar-refractivity contribution >= 4 is 15.9 Å². The zero-order chi connectivity index (χ0) is 17.9. The van der Waals surface area contributed by atoms with Crippen LogP contribution in [-0.2, 0) is 14.8 Å². The van der Waals surface area contributed by atoms with Gasteiger partial charge in [0.05, 0.1) is 18.2 Å². The number of sulfonamides is 1. The van der Waals surface area contributed by atoms with Crippen LogP contribution < -0.4 is 5.32 Å². The van der Waals surface area contributed by atoms with Gasteiger partial charge in [0.15, 0.2) is 0 Å². The molecule has 1 aliphatic rings. The second kappa shape index (κ2) is 7.66. The summed E-state index contributed by atoms with van der Waals surface area (Å²) in [6, 6.07) is 8.00. The van der Waals surface area contributed by atoms with Crippen LogP contribution in [0.15, 0.2) is 24.3 Å². The average Bonchev–Trinajstić information content (AvgIpc) is 2.52.